The zero-order chi connectivity index (χ0) is 40.5. The van der Waals surface area contributed by atoms with Crippen molar-refractivity contribution in [3.8, 4) is 12.3 Å². The minimum absolute atomic E-state index is 0.0248. The molecule has 0 aliphatic carbocycles. The van der Waals surface area contributed by atoms with Gasteiger partial charge in [0.05, 0.1) is 31.7 Å². The van der Waals surface area contributed by atoms with Crippen LogP contribution in [-0.4, -0.2) is 129 Å². The largest absolute Gasteiger partial charge is 0.481 e. The lowest BCUT2D eigenvalue weighted by atomic mass is 9.87. The maximum Gasteiger partial charge on any atom is 0.481 e. The van der Waals surface area contributed by atoms with Crippen molar-refractivity contribution in [2.24, 2.45) is 5.41 Å². The Hall–Kier alpha value is -2.88. The van der Waals surface area contributed by atoms with Crippen molar-refractivity contribution in [2.45, 2.75) is 57.3 Å². The molecule has 1 saturated heterocycles. The molecule has 7 atom stereocenters. The van der Waals surface area contributed by atoms with Gasteiger partial charge in [0.25, 0.3) is 0 Å². The minimum Gasteiger partial charge on any atom is -0.386 e. The molecule has 1 fully saturated rings. The van der Waals surface area contributed by atoms with Crippen LogP contribution in [0.5, 0.6) is 0 Å². The van der Waals surface area contributed by atoms with E-state index < -0.39 is 84.6 Å². The van der Waals surface area contributed by atoms with Crippen molar-refractivity contribution in [3.05, 3.63) is 12.7 Å². The molecule has 0 spiro atoms. The van der Waals surface area contributed by atoms with E-state index in [1.165, 1.54) is 25.6 Å². The number of phosphoric acid groups is 3. The predicted molar refractivity (Wildman–Crippen MR) is 185 cm³/mol. The number of imidazole rings is 1. The number of fused-ring (bicyclic) bond motifs is 1. The summed E-state index contributed by atoms with van der Waals surface area (Å²) < 4.78 is 62.0. The van der Waals surface area contributed by atoms with Crippen LogP contribution in [-0.2, 0) is 50.7 Å². The van der Waals surface area contributed by atoms with Crippen LogP contribution in [0.3, 0.4) is 0 Å². The minimum atomic E-state index is -5.57. The molecule has 3 rings (SSSR count). The van der Waals surface area contributed by atoms with Gasteiger partial charge in [0, 0.05) is 30.7 Å². The Morgan fingerprint density at radius 1 is 1.11 bits per heavy atom. The highest BCUT2D eigenvalue weighted by molar-refractivity contribution is 7.99. The highest BCUT2D eigenvalue weighted by Gasteiger charge is 2.50. The number of anilines is 1. The first kappa shape index (κ1) is 45.5. The molecule has 2 unspecified atom stereocenters. The van der Waals surface area contributed by atoms with Gasteiger partial charge in [-0.15, -0.1) is 6.42 Å². The van der Waals surface area contributed by atoms with Crippen LogP contribution in [0.4, 0.5) is 5.82 Å². The second kappa shape index (κ2) is 19.3. The van der Waals surface area contributed by atoms with E-state index in [9.17, 15) is 57.9 Å². The van der Waals surface area contributed by atoms with Crippen LogP contribution in [0.25, 0.3) is 11.2 Å². The summed E-state index contributed by atoms with van der Waals surface area (Å²) in [6, 6.07) is 0. The standard InChI is InChI=1S/C26H40N7O17P3S/c1-4-5-15(34)11-54-9-8-28-17(35)6-7-29-24(38)21(37)26(2,3)12-47-53(44,45)50-52(42,43)46-10-16-20(49-51(39,40)41)19(36)25(48-16)33-14-32-18-22(27)30-13-31-23(18)33/h1,13-14,16,19-21,25,36-37H,5-12H2,2-3H3,(H,28,35)(H,29,38)(H,42,43)(H,44,45)(H2,27,30,31)(H2,39,40,41)/t16-,19-,20-,21+,25-/m1/s1. The number of amides is 2. The lowest BCUT2D eigenvalue weighted by molar-refractivity contribution is -0.137. The fourth-order valence-electron chi connectivity index (χ4n) is 4.55. The van der Waals surface area contributed by atoms with E-state index in [4.69, 9.17) is 25.9 Å². The number of rotatable bonds is 22. The van der Waals surface area contributed by atoms with E-state index in [-0.39, 0.29) is 54.4 Å². The monoisotopic (exact) mass is 847 g/mol. The second-order valence-corrected chi connectivity index (χ2v) is 17.4. The number of nitrogens with two attached hydrogens (primary N) is 1. The van der Waals surface area contributed by atoms with Gasteiger partial charge < -0.3 is 50.9 Å². The molecule has 0 aromatic carbocycles. The number of aromatic nitrogens is 4. The van der Waals surface area contributed by atoms with Gasteiger partial charge in [0.15, 0.2) is 23.5 Å². The number of phosphoric ester groups is 3. The molecule has 0 radical (unpaired) electrons. The lowest BCUT2D eigenvalue weighted by Crippen LogP contribution is -2.46. The molecular formula is C26H40N7O17P3S. The van der Waals surface area contributed by atoms with E-state index >= 15 is 0 Å². The van der Waals surface area contributed by atoms with E-state index in [2.05, 4.69) is 40.3 Å². The second-order valence-electron chi connectivity index (χ2n) is 12.0. The molecule has 10 N–H and O–H groups in total. The van der Waals surface area contributed by atoms with Gasteiger partial charge in [0.2, 0.25) is 11.8 Å². The van der Waals surface area contributed by atoms with Gasteiger partial charge in [0.1, 0.15) is 36.3 Å². The number of thioether (sulfide) groups is 1. The van der Waals surface area contributed by atoms with Crippen LogP contribution in [0.15, 0.2) is 12.7 Å². The molecule has 1 aliphatic rings. The normalized spacial score (nSPS) is 21.8. The Labute approximate surface area is 311 Å². The Bertz CT molecular complexity index is 1840. The lowest BCUT2D eigenvalue weighted by Gasteiger charge is -2.30. The number of nitrogens with zero attached hydrogens (tertiary/aromatic N) is 4. The van der Waals surface area contributed by atoms with E-state index in [1.807, 2.05) is 0 Å². The van der Waals surface area contributed by atoms with Crippen molar-refractivity contribution in [2.75, 3.05) is 43.5 Å². The Balaban J connectivity index is 1.50. The van der Waals surface area contributed by atoms with Crippen molar-refractivity contribution in [3.63, 3.8) is 0 Å². The summed E-state index contributed by atoms with van der Waals surface area (Å²) >= 11 is 1.29. The fourth-order valence-corrected chi connectivity index (χ4v) is 8.10. The van der Waals surface area contributed by atoms with Gasteiger partial charge in [-0.1, -0.05) is 19.8 Å². The topological polar surface area (TPSA) is 364 Å². The molecule has 1 aliphatic heterocycles. The van der Waals surface area contributed by atoms with Crippen LogP contribution in [0.2, 0.25) is 0 Å². The smallest absolute Gasteiger partial charge is 0.386 e. The Morgan fingerprint density at radius 3 is 2.46 bits per heavy atom. The molecular weight excluding hydrogens is 807 g/mol. The van der Waals surface area contributed by atoms with Gasteiger partial charge in [-0.3, -0.25) is 32.5 Å². The van der Waals surface area contributed by atoms with Gasteiger partial charge in [-0.25, -0.2) is 28.6 Å². The number of aliphatic hydroxyl groups excluding tert-OH is 2. The number of carbonyl (C=O) groups excluding carboxylic acids is 3. The number of hydrogen-bond acceptors (Lipinski definition) is 18. The van der Waals surface area contributed by atoms with Crippen LogP contribution in [0, 0.1) is 17.8 Å². The Kier molecular flexibility index (Phi) is 16.3. The molecule has 54 heavy (non-hydrogen) atoms. The molecule has 28 heteroatoms. The highest BCUT2D eigenvalue weighted by atomic mass is 32.2. The number of hydrogen-bond donors (Lipinski definition) is 9. The average Bonchev–Trinajstić information content (AvgIpc) is 3.62. The van der Waals surface area contributed by atoms with Crippen molar-refractivity contribution in [1.29, 1.82) is 0 Å². The van der Waals surface area contributed by atoms with Crippen molar-refractivity contribution < 1.29 is 80.5 Å². The number of terminal acetylenes is 1. The molecule has 2 amide bonds. The third-order valence-electron chi connectivity index (χ3n) is 7.21. The first-order chi connectivity index (χ1) is 25.1. The van der Waals surface area contributed by atoms with Crippen LogP contribution >= 0.6 is 35.2 Å². The highest BCUT2D eigenvalue weighted by Crippen LogP contribution is 2.61. The zero-order valence-corrected chi connectivity index (χ0v) is 32.1. The van der Waals surface area contributed by atoms with E-state index in [1.54, 1.807) is 0 Å². The number of ether oxygens (including phenoxy) is 1. The summed E-state index contributed by atoms with van der Waals surface area (Å²) in [4.78, 5) is 86.7. The molecule has 3 heterocycles. The third kappa shape index (κ3) is 13.7. The van der Waals surface area contributed by atoms with Gasteiger partial charge in [-0.2, -0.15) is 16.1 Å². The van der Waals surface area contributed by atoms with Crippen molar-refractivity contribution in [1.82, 2.24) is 30.2 Å². The van der Waals surface area contributed by atoms with E-state index in [0.29, 0.717) is 5.75 Å². The predicted octanol–water partition coefficient (Wildman–Crippen LogP) is -1.27. The average molecular weight is 848 g/mol. The molecule has 0 saturated carbocycles. The van der Waals surface area contributed by atoms with Gasteiger partial charge in [-0.05, 0) is 0 Å². The van der Waals surface area contributed by atoms with Crippen LogP contribution in [0.1, 0.15) is 32.9 Å². The molecule has 302 valence electrons. The summed E-state index contributed by atoms with van der Waals surface area (Å²) in [5.41, 5.74) is 4.25. The molecule has 2 aromatic rings. The Morgan fingerprint density at radius 2 is 1.80 bits per heavy atom. The number of nitrogen functional groups attached to an aromatic ring is 1. The summed E-state index contributed by atoms with van der Waals surface area (Å²) in [6.45, 7) is 0.532. The number of Topliss-reactive ketones (excluding diaryl/α,β-unsaturated/α-hetero) is 1. The third-order valence-corrected chi connectivity index (χ3v) is 11.3. The van der Waals surface area contributed by atoms with Crippen LogP contribution < -0.4 is 16.4 Å². The van der Waals surface area contributed by atoms with Crippen molar-refractivity contribution >= 4 is 69.8 Å². The summed E-state index contributed by atoms with van der Waals surface area (Å²) in [5.74, 6) is 1.34. The maximum absolute atomic E-state index is 12.6. The first-order valence-electron chi connectivity index (χ1n) is 15.5. The summed E-state index contributed by atoms with van der Waals surface area (Å²) in [7, 11) is -16.4. The quantitative estimate of drug-likeness (QED) is 0.0379. The first-order valence-corrected chi connectivity index (χ1v) is 21.2. The number of nitrogens with one attached hydrogen (secondary N) is 2. The number of ketones is 1. The SMILES string of the molecule is C#CCC(=O)CSCCNC(=O)CCNC(=O)[C@H](O)C(C)(C)COP(=O)(O)OP(=O)(O)OC[C@H]1O[C@@H](n2cnc3c(N)ncnc32)[C@H](O)[C@@H]1OP(=O)(O)O. The summed E-state index contributed by atoms with van der Waals surface area (Å²) in [5, 5.41) is 26.3. The molecule has 0 bridgehead atoms. The number of carbonyl (C=O) groups is 3. The fraction of sp³-hybridized carbons (Fsp3) is 0.615. The molecule has 24 nitrogen and oxygen atoms in total. The number of aliphatic hydroxyl groups is 2. The van der Waals surface area contributed by atoms with Gasteiger partial charge >= 0.3 is 23.5 Å². The van der Waals surface area contributed by atoms with E-state index in [0.717, 1.165) is 17.2 Å². The summed E-state index contributed by atoms with van der Waals surface area (Å²) in [6.07, 6.45) is -1.83. The molecule has 2 aromatic heterocycles. The zero-order valence-electron chi connectivity index (χ0n) is 28.6. The maximum atomic E-state index is 12.6.